The second kappa shape index (κ2) is 7.04. The van der Waals surface area contributed by atoms with Gasteiger partial charge in [-0.2, -0.15) is 0 Å². The van der Waals surface area contributed by atoms with E-state index in [9.17, 15) is 14.7 Å². The Kier molecular flexibility index (Phi) is 5.36. The number of nitrogens with one attached hydrogen (secondary N) is 1. The molecule has 1 aliphatic heterocycles. The van der Waals surface area contributed by atoms with Crippen LogP contribution in [0.1, 0.15) is 12.5 Å². The van der Waals surface area contributed by atoms with Gasteiger partial charge in [0.2, 0.25) is 11.8 Å². The summed E-state index contributed by atoms with van der Waals surface area (Å²) in [4.78, 5) is 25.3. The SMILES string of the molecule is CC(=O)NC1CN(C(=O)Cc2ccccc2Br)CC1CO. The zero-order valence-electron chi connectivity index (χ0n) is 11.9. The molecule has 1 aromatic rings. The molecular formula is C15H19BrN2O3. The number of benzene rings is 1. The molecule has 0 spiro atoms. The van der Waals surface area contributed by atoms with Crippen molar-refractivity contribution in [2.75, 3.05) is 19.7 Å². The monoisotopic (exact) mass is 354 g/mol. The highest BCUT2D eigenvalue weighted by molar-refractivity contribution is 9.10. The summed E-state index contributed by atoms with van der Waals surface area (Å²) in [6.45, 7) is 2.34. The molecule has 2 amide bonds. The fourth-order valence-electron chi connectivity index (χ4n) is 2.60. The standard InChI is InChI=1S/C15H19BrN2O3/c1-10(20)17-14-8-18(7-12(14)9-19)15(21)6-11-4-2-3-5-13(11)16/h2-5,12,14,19H,6-9H2,1H3,(H,17,20). The Bertz CT molecular complexity index is 535. The van der Waals surface area contributed by atoms with Gasteiger partial charge in [-0.3, -0.25) is 9.59 Å². The number of carbonyl (C=O) groups excluding carboxylic acids is 2. The third kappa shape index (κ3) is 4.04. The Morgan fingerprint density at radius 2 is 2.10 bits per heavy atom. The molecule has 5 nitrogen and oxygen atoms in total. The number of hydrogen-bond acceptors (Lipinski definition) is 3. The molecule has 2 unspecified atom stereocenters. The topological polar surface area (TPSA) is 69.6 Å². The van der Waals surface area contributed by atoms with E-state index in [2.05, 4.69) is 21.2 Å². The second-order valence-electron chi connectivity index (χ2n) is 5.32. The maximum atomic E-state index is 12.4. The van der Waals surface area contributed by atoms with Crippen molar-refractivity contribution in [3.8, 4) is 0 Å². The highest BCUT2D eigenvalue weighted by atomic mass is 79.9. The van der Waals surface area contributed by atoms with Crippen molar-refractivity contribution < 1.29 is 14.7 Å². The summed E-state index contributed by atoms with van der Waals surface area (Å²) in [6, 6.07) is 7.45. The average Bonchev–Trinajstić information content (AvgIpc) is 2.83. The van der Waals surface area contributed by atoms with E-state index in [0.29, 0.717) is 19.5 Å². The molecule has 1 aromatic carbocycles. The molecule has 1 fully saturated rings. The predicted molar refractivity (Wildman–Crippen MR) is 82.6 cm³/mol. The second-order valence-corrected chi connectivity index (χ2v) is 6.17. The van der Waals surface area contributed by atoms with Gasteiger partial charge in [0.15, 0.2) is 0 Å². The Morgan fingerprint density at radius 1 is 1.38 bits per heavy atom. The van der Waals surface area contributed by atoms with Crippen LogP contribution in [0.15, 0.2) is 28.7 Å². The molecular weight excluding hydrogens is 336 g/mol. The van der Waals surface area contributed by atoms with Crippen LogP contribution < -0.4 is 5.32 Å². The van der Waals surface area contributed by atoms with Gasteiger partial charge < -0.3 is 15.3 Å². The number of nitrogens with zero attached hydrogens (tertiary/aromatic N) is 1. The van der Waals surface area contributed by atoms with Gasteiger partial charge in [0, 0.05) is 37.0 Å². The molecule has 2 rings (SSSR count). The molecule has 2 atom stereocenters. The average molecular weight is 355 g/mol. The largest absolute Gasteiger partial charge is 0.396 e. The van der Waals surface area contributed by atoms with Crippen molar-refractivity contribution in [3.63, 3.8) is 0 Å². The molecule has 6 heteroatoms. The quantitative estimate of drug-likeness (QED) is 0.845. The molecule has 0 bridgehead atoms. The fraction of sp³-hybridized carbons (Fsp3) is 0.467. The first kappa shape index (κ1) is 16.0. The van der Waals surface area contributed by atoms with Crippen molar-refractivity contribution in [2.45, 2.75) is 19.4 Å². The summed E-state index contributed by atoms with van der Waals surface area (Å²) in [6.07, 6.45) is 0.312. The normalized spacial score (nSPS) is 21.4. The van der Waals surface area contributed by atoms with Crippen LogP contribution in [0.3, 0.4) is 0 Å². The van der Waals surface area contributed by atoms with Gasteiger partial charge in [0.1, 0.15) is 0 Å². The van der Waals surface area contributed by atoms with E-state index in [1.165, 1.54) is 6.92 Å². The van der Waals surface area contributed by atoms with Gasteiger partial charge in [-0.05, 0) is 11.6 Å². The van der Waals surface area contributed by atoms with Crippen molar-refractivity contribution in [1.82, 2.24) is 10.2 Å². The molecule has 1 heterocycles. The lowest BCUT2D eigenvalue weighted by atomic mass is 10.1. The first-order chi connectivity index (χ1) is 10.0. The molecule has 114 valence electrons. The molecule has 0 aromatic heterocycles. The molecule has 0 aliphatic carbocycles. The zero-order chi connectivity index (χ0) is 15.4. The lowest BCUT2D eigenvalue weighted by Gasteiger charge is -2.17. The van der Waals surface area contributed by atoms with Crippen LogP contribution in [0.25, 0.3) is 0 Å². The zero-order valence-corrected chi connectivity index (χ0v) is 13.5. The third-order valence-corrected chi connectivity index (χ3v) is 4.49. The van der Waals surface area contributed by atoms with Crippen molar-refractivity contribution in [2.24, 2.45) is 5.92 Å². The van der Waals surface area contributed by atoms with Crippen LogP contribution in [0, 0.1) is 5.92 Å². The summed E-state index contributed by atoms with van der Waals surface area (Å²) in [7, 11) is 0. The number of rotatable bonds is 4. The van der Waals surface area contributed by atoms with E-state index < -0.39 is 0 Å². The summed E-state index contributed by atoms with van der Waals surface area (Å²) < 4.78 is 0.912. The Labute approximate surface area is 132 Å². The van der Waals surface area contributed by atoms with Crippen LogP contribution in [0.4, 0.5) is 0 Å². The molecule has 0 saturated carbocycles. The van der Waals surface area contributed by atoms with Gasteiger partial charge in [0.25, 0.3) is 0 Å². The number of amides is 2. The van der Waals surface area contributed by atoms with Gasteiger partial charge in [-0.15, -0.1) is 0 Å². The van der Waals surface area contributed by atoms with Crippen LogP contribution in [0.5, 0.6) is 0 Å². The first-order valence-electron chi connectivity index (χ1n) is 6.90. The van der Waals surface area contributed by atoms with E-state index in [1.807, 2.05) is 24.3 Å². The fourth-order valence-corrected chi connectivity index (χ4v) is 3.03. The van der Waals surface area contributed by atoms with Crippen LogP contribution in [-0.2, 0) is 16.0 Å². The van der Waals surface area contributed by atoms with Gasteiger partial charge in [0.05, 0.1) is 12.5 Å². The number of halogens is 1. The maximum Gasteiger partial charge on any atom is 0.227 e. The Balaban J connectivity index is 2.00. The molecule has 1 aliphatic rings. The summed E-state index contributed by atoms with van der Waals surface area (Å²) >= 11 is 3.44. The number of aliphatic hydroxyl groups is 1. The summed E-state index contributed by atoms with van der Waals surface area (Å²) in [5, 5.41) is 12.2. The third-order valence-electron chi connectivity index (χ3n) is 3.72. The smallest absolute Gasteiger partial charge is 0.227 e. The van der Waals surface area contributed by atoms with Gasteiger partial charge in [-0.1, -0.05) is 34.1 Å². The molecule has 21 heavy (non-hydrogen) atoms. The van der Waals surface area contributed by atoms with E-state index >= 15 is 0 Å². The van der Waals surface area contributed by atoms with E-state index in [4.69, 9.17) is 0 Å². The van der Waals surface area contributed by atoms with Crippen molar-refractivity contribution in [1.29, 1.82) is 0 Å². The predicted octanol–water partition coefficient (Wildman–Crippen LogP) is 0.947. The van der Waals surface area contributed by atoms with E-state index in [-0.39, 0.29) is 30.4 Å². The minimum atomic E-state index is -0.171. The minimum Gasteiger partial charge on any atom is -0.396 e. The molecule has 0 radical (unpaired) electrons. The van der Waals surface area contributed by atoms with Crippen molar-refractivity contribution in [3.05, 3.63) is 34.3 Å². The number of aliphatic hydroxyl groups excluding tert-OH is 1. The lowest BCUT2D eigenvalue weighted by Crippen LogP contribution is -2.40. The van der Waals surface area contributed by atoms with E-state index in [1.54, 1.807) is 4.90 Å². The Hall–Kier alpha value is -1.40. The van der Waals surface area contributed by atoms with Crippen LogP contribution in [-0.4, -0.2) is 47.6 Å². The number of hydrogen-bond donors (Lipinski definition) is 2. The molecule has 1 saturated heterocycles. The maximum absolute atomic E-state index is 12.4. The van der Waals surface area contributed by atoms with Gasteiger partial charge >= 0.3 is 0 Å². The highest BCUT2D eigenvalue weighted by Gasteiger charge is 2.35. The van der Waals surface area contributed by atoms with E-state index in [0.717, 1.165) is 10.0 Å². The molecule has 2 N–H and O–H groups in total. The highest BCUT2D eigenvalue weighted by Crippen LogP contribution is 2.21. The van der Waals surface area contributed by atoms with Gasteiger partial charge in [-0.25, -0.2) is 0 Å². The summed E-state index contributed by atoms with van der Waals surface area (Å²) in [5.74, 6) is -0.233. The van der Waals surface area contributed by atoms with Crippen LogP contribution >= 0.6 is 15.9 Å². The minimum absolute atomic E-state index is 0.00759. The lowest BCUT2D eigenvalue weighted by molar-refractivity contribution is -0.130. The van der Waals surface area contributed by atoms with Crippen molar-refractivity contribution >= 4 is 27.7 Å². The Morgan fingerprint density at radius 3 is 2.71 bits per heavy atom. The first-order valence-corrected chi connectivity index (χ1v) is 7.69. The summed E-state index contributed by atoms with van der Waals surface area (Å²) in [5.41, 5.74) is 0.936. The number of carbonyl (C=O) groups is 2. The van der Waals surface area contributed by atoms with Crippen LogP contribution in [0.2, 0.25) is 0 Å². The number of likely N-dealkylation sites (tertiary alicyclic amines) is 1.